The van der Waals surface area contributed by atoms with Gasteiger partial charge in [-0.25, -0.2) is 0 Å². The number of phenols is 1. The molecule has 5 heteroatoms. The number of benzene rings is 2. The highest BCUT2D eigenvalue weighted by Crippen LogP contribution is 2.43. The third-order valence-corrected chi connectivity index (χ3v) is 5.36. The summed E-state index contributed by atoms with van der Waals surface area (Å²) >= 11 is 6.54. The molecule has 0 bridgehead atoms. The Kier molecular flexibility index (Phi) is 6.41. The SMILES string of the molecule is CCc1c(C)c(Cl)c(COC2CCCN2)c(O)c1OCc1ccccc1. The molecule has 4 nitrogen and oxygen atoms in total. The van der Waals surface area contributed by atoms with Crippen LogP contribution in [-0.2, 0) is 24.4 Å². The van der Waals surface area contributed by atoms with Crippen molar-refractivity contribution < 1.29 is 14.6 Å². The second-order valence-corrected chi connectivity index (χ2v) is 6.98. The highest BCUT2D eigenvalue weighted by atomic mass is 35.5. The van der Waals surface area contributed by atoms with E-state index >= 15 is 0 Å². The summed E-state index contributed by atoms with van der Waals surface area (Å²) in [5.74, 6) is 0.600. The summed E-state index contributed by atoms with van der Waals surface area (Å²) in [5.41, 5.74) is 3.52. The van der Waals surface area contributed by atoms with Crippen LogP contribution < -0.4 is 10.1 Å². The predicted octanol–water partition coefficient (Wildman–Crippen LogP) is 4.72. The van der Waals surface area contributed by atoms with Gasteiger partial charge in [0.2, 0.25) is 0 Å². The molecule has 0 spiro atoms. The zero-order valence-corrected chi connectivity index (χ0v) is 16.1. The number of phenolic OH excluding ortho intramolecular Hbond substituents is 1. The maximum absolute atomic E-state index is 10.8. The minimum absolute atomic E-state index is 0.0188. The summed E-state index contributed by atoms with van der Waals surface area (Å²) in [4.78, 5) is 0. The monoisotopic (exact) mass is 375 g/mol. The normalized spacial score (nSPS) is 16.8. The maximum Gasteiger partial charge on any atom is 0.165 e. The zero-order valence-electron chi connectivity index (χ0n) is 15.3. The van der Waals surface area contributed by atoms with Crippen LogP contribution in [0, 0.1) is 6.92 Å². The van der Waals surface area contributed by atoms with Gasteiger partial charge in [0.15, 0.2) is 11.5 Å². The van der Waals surface area contributed by atoms with Gasteiger partial charge in [0.25, 0.3) is 0 Å². The molecular formula is C21H26ClNO3. The predicted molar refractivity (Wildman–Crippen MR) is 104 cm³/mol. The lowest BCUT2D eigenvalue weighted by Gasteiger charge is -2.21. The van der Waals surface area contributed by atoms with Crippen molar-refractivity contribution in [2.45, 2.75) is 52.6 Å². The Balaban J connectivity index is 1.85. The van der Waals surface area contributed by atoms with Crippen molar-refractivity contribution in [1.82, 2.24) is 5.32 Å². The van der Waals surface area contributed by atoms with E-state index in [4.69, 9.17) is 21.1 Å². The molecule has 140 valence electrons. The van der Waals surface area contributed by atoms with Crippen LogP contribution in [0.1, 0.15) is 42.0 Å². The Morgan fingerprint density at radius 2 is 1.96 bits per heavy atom. The Labute approximate surface area is 160 Å². The quantitative estimate of drug-likeness (QED) is 0.735. The van der Waals surface area contributed by atoms with Crippen LogP contribution >= 0.6 is 11.6 Å². The van der Waals surface area contributed by atoms with Gasteiger partial charge >= 0.3 is 0 Å². The highest BCUT2D eigenvalue weighted by Gasteiger charge is 2.23. The number of rotatable bonds is 7. The van der Waals surface area contributed by atoms with Crippen molar-refractivity contribution in [2.75, 3.05) is 6.54 Å². The van der Waals surface area contributed by atoms with Crippen LogP contribution in [0.4, 0.5) is 0 Å². The lowest BCUT2D eigenvalue weighted by Crippen LogP contribution is -2.24. The summed E-state index contributed by atoms with van der Waals surface area (Å²) in [7, 11) is 0. The minimum Gasteiger partial charge on any atom is -0.504 e. The van der Waals surface area contributed by atoms with Gasteiger partial charge < -0.3 is 14.6 Å². The second-order valence-electron chi connectivity index (χ2n) is 6.60. The Morgan fingerprint density at radius 1 is 1.19 bits per heavy atom. The van der Waals surface area contributed by atoms with Gasteiger partial charge in [0.1, 0.15) is 12.8 Å². The fourth-order valence-corrected chi connectivity index (χ4v) is 3.59. The van der Waals surface area contributed by atoms with Crippen molar-refractivity contribution in [1.29, 1.82) is 0 Å². The van der Waals surface area contributed by atoms with E-state index in [0.717, 1.165) is 42.5 Å². The summed E-state index contributed by atoms with van der Waals surface area (Å²) in [6.07, 6.45) is 2.82. The summed E-state index contributed by atoms with van der Waals surface area (Å²) in [5, 5.41) is 14.7. The molecule has 0 aromatic heterocycles. The molecule has 1 saturated heterocycles. The zero-order chi connectivity index (χ0) is 18.5. The molecule has 0 amide bonds. The lowest BCUT2D eigenvalue weighted by atomic mass is 10.00. The van der Waals surface area contributed by atoms with Gasteiger partial charge in [-0.05, 0) is 43.9 Å². The largest absolute Gasteiger partial charge is 0.504 e. The van der Waals surface area contributed by atoms with E-state index in [1.54, 1.807) is 0 Å². The molecule has 2 aromatic carbocycles. The lowest BCUT2D eigenvalue weighted by molar-refractivity contribution is 0.0300. The molecule has 1 aliphatic rings. The molecule has 1 aliphatic heterocycles. The molecule has 26 heavy (non-hydrogen) atoms. The standard InChI is InChI=1S/C21H26ClNO3/c1-3-16-14(2)19(22)17(13-25-18-10-7-11-23-18)20(24)21(16)26-12-15-8-5-4-6-9-15/h4-6,8-9,18,23-24H,3,7,10-13H2,1-2H3. The minimum atomic E-state index is 0.0188. The van der Waals surface area contributed by atoms with E-state index in [-0.39, 0.29) is 18.6 Å². The van der Waals surface area contributed by atoms with Crippen LogP contribution in [0.5, 0.6) is 11.5 Å². The molecule has 1 atom stereocenters. The first-order valence-corrected chi connectivity index (χ1v) is 9.54. The van der Waals surface area contributed by atoms with Crippen LogP contribution in [-0.4, -0.2) is 17.9 Å². The fraction of sp³-hybridized carbons (Fsp3) is 0.429. The maximum atomic E-state index is 10.8. The third-order valence-electron chi connectivity index (χ3n) is 4.85. The van der Waals surface area contributed by atoms with Crippen molar-refractivity contribution in [3.8, 4) is 11.5 Å². The first-order valence-electron chi connectivity index (χ1n) is 9.16. The van der Waals surface area contributed by atoms with Gasteiger partial charge in [-0.2, -0.15) is 0 Å². The number of hydrogen-bond acceptors (Lipinski definition) is 4. The first kappa shape index (κ1) is 19.0. The van der Waals surface area contributed by atoms with Crippen LogP contribution in [0.15, 0.2) is 30.3 Å². The molecule has 0 aliphatic carbocycles. The number of nitrogens with one attached hydrogen (secondary N) is 1. The van der Waals surface area contributed by atoms with Crippen LogP contribution in [0.2, 0.25) is 5.02 Å². The van der Waals surface area contributed by atoms with Crippen molar-refractivity contribution in [3.63, 3.8) is 0 Å². The van der Waals surface area contributed by atoms with Gasteiger partial charge in [-0.15, -0.1) is 0 Å². The van der Waals surface area contributed by atoms with Crippen LogP contribution in [0.3, 0.4) is 0 Å². The summed E-state index contributed by atoms with van der Waals surface area (Å²) < 4.78 is 11.9. The molecule has 2 aromatic rings. The molecular weight excluding hydrogens is 350 g/mol. The van der Waals surface area contributed by atoms with E-state index in [1.165, 1.54) is 0 Å². The van der Waals surface area contributed by atoms with Crippen molar-refractivity contribution >= 4 is 11.6 Å². The number of halogens is 1. The molecule has 3 rings (SSSR count). The van der Waals surface area contributed by atoms with Crippen molar-refractivity contribution in [3.05, 3.63) is 57.6 Å². The van der Waals surface area contributed by atoms with E-state index in [0.29, 0.717) is 22.9 Å². The molecule has 0 radical (unpaired) electrons. The summed E-state index contributed by atoms with van der Waals surface area (Å²) in [6, 6.07) is 9.92. The van der Waals surface area contributed by atoms with Gasteiger partial charge in [0, 0.05) is 11.1 Å². The molecule has 1 unspecified atom stereocenters. The Hall–Kier alpha value is -1.75. The fourth-order valence-electron chi connectivity index (χ4n) is 3.33. The average molecular weight is 376 g/mol. The Bertz CT molecular complexity index is 743. The smallest absolute Gasteiger partial charge is 0.165 e. The summed E-state index contributed by atoms with van der Waals surface area (Å²) in [6.45, 7) is 5.62. The van der Waals surface area contributed by atoms with Gasteiger partial charge in [-0.1, -0.05) is 48.9 Å². The number of aromatic hydroxyl groups is 1. The Morgan fingerprint density at radius 3 is 2.62 bits per heavy atom. The van der Waals surface area contributed by atoms with Gasteiger partial charge in [0.05, 0.1) is 11.6 Å². The van der Waals surface area contributed by atoms with E-state index in [2.05, 4.69) is 5.32 Å². The van der Waals surface area contributed by atoms with E-state index in [9.17, 15) is 5.11 Å². The van der Waals surface area contributed by atoms with Crippen LogP contribution in [0.25, 0.3) is 0 Å². The van der Waals surface area contributed by atoms with Gasteiger partial charge in [-0.3, -0.25) is 5.32 Å². The third kappa shape index (κ3) is 4.14. The molecule has 2 N–H and O–H groups in total. The topological polar surface area (TPSA) is 50.7 Å². The van der Waals surface area contributed by atoms with E-state index < -0.39 is 0 Å². The molecule has 1 fully saturated rings. The van der Waals surface area contributed by atoms with E-state index in [1.807, 2.05) is 44.2 Å². The van der Waals surface area contributed by atoms with Crippen molar-refractivity contribution in [2.24, 2.45) is 0 Å². The average Bonchev–Trinajstić information content (AvgIpc) is 3.18. The highest BCUT2D eigenvalue weighted by molar-refractivity contribution is 6.32. The second kappa shape index (κ2) is 8.76. The number of ether oxygens (including phenoxy) is 2. The molecule has 1 heterocycles. The first-order chi connectivity index (χ1) is 12.6. The molecule has 0 saturated carbocycles. The number of hydrogen-bond donors (Lipinski definition) is 2.